The van der Waals surface area contributed by atoms with Crippen molar-refractivity contribution in [1.82, 2.24) is 15.0 Å². The molecule has 1 unspecified atom stereocenters. The number of carbonyl (C=O) groups is 4. The highest BCUT2D eigenvalue weighted by molar-refractivity contribution is 6.35. The number of hydrogen-bond donors (Lipinski definition) is 0. The van der Waals surface area contributed by atoms with Crippen molar-refractivity contribution >= 4 is 29.2 Å². The minimum Gasteiger partial charge on any atom is -0.463 e. The summed E-state index contributed by atoms with van der Waals surface area (Å²) in [6.07, 6.45) is 2.62. The van der Waals surface area contributed by atoms with Crippen LogP contribution in [0.4, 0.5) is 0 Å². The highest BCUT2D eigenvalue weighted by Crippen LogP contribution is 2.30. The van der Waals surface area contributed by atoms with Gasteiger partial charge in [-0.2, -0.15) is 0 Å². The van der Waals surface area contributed by atoms with Gasteiger partial charge in [0.25, 0.3) is 0 Å². The molecule has 0 amide bonds. The fourth-order valence-corrected chi connectivity index (χ4v) is 4.40. The Morgan fingerprint density at radius 3 is 2.42 bits per heavy atom. The molecule has 11 nitrogen and oxygen atoms in total. The molecule has 0 bridgehead atoms. The maximum atomic E-state index is 13.1. The predicted octanol–water partition coefficient (Wildman–Crippen LogP) is 3.08. The number of ether oxygens (including phenoxy) is 4. The smallest absolute Gasteiger partial charge is 0.303 e. The highest BCUT2D eigenvalue weighted by atomic mass is 16.7. The summed E-state index contributed by atoms with van der Waals surface area (Å²) < 4.78 is 23.9. The molecule has 40 heavy (non-hydrogen) atoms. The van der Waals surface area contributed by atoms with Gasteiger partial charge in [-0.1, -0.05) is 59.8 Å². The molecule has 2 heterocycles. The first-order valence-electron chi connectivity index (χ1n) is 12.5. The van der Waals surface area contributed by atoms with E-state index in [1.807, 2.05) is 30.3 Å². The Hall–Kier alpha value is -4.74. The first-order chi connectivity index (χ1) is 19.3. The van der Waals surface area contributed by atoms with Crippen LogP contribution in [0.1, 0.15) is 51.9 Å². The number of carbonyl (C=O) groups excluding carboxylic acids is 4. The van der Waals surface area contributed by atoms with Gasteiger partial charge in [-0.05, 0) is 17.7 Å². The summed E-state index contributed by atoms with van der Waals surface area (Å²) in [7, 11) is 0. The summed E-state index contributed by atoms with van der Waals surface area (Å²) in [5.41, 5.74) is 1.75. The van der Waals surface area contributed by atoms with E-state index in [0.717, 1.165) is 5.56 Å². The molecule has 11 heteroatoms. The van der Waals surface area contributed by atoms with Crippen LogP contribution in [0.5, 0.6) is 0 Å². The van der Waals surface area contributed by atoms with E-state index in [1.165, 1.54) is 30.8 Å². The first-order valence-corrected chi connectivity index (χ1v) is 12.5. The number of aromatic nitrogens is 3. The molecule has 1 aliphatic carbocycles. The van der Waals surface area contributed by atoms with Crippen molar-refractivity contribution < 1.29 is 38.1 Å². The second kappa shape index (κ2) is 11.6. The lowest BCUT2D eigenvalue weighted by Crippen LogP contribution is -2.42. The average Bonchev–Trinajstić information content (AvgIpc) is 3.43. The number of fused-ring (bicyclic) bond motifs is 1. The van der Waals surface area contributed by atoms with Gasteiger partial charge in [-0.25, -0.2) is 4.68 Å². The number of esters is 2. The number of benzene rings is 2. The molecule has 204 valence electrons. The number of nitrogens with zero attached hydrogens (tertiary/aromatic N) is 3. The number of hydrogen-bond acceptors (Lipinski definition) is 10. The van der Waals surface area contributed by atoms with Crippen LogP contribution in [0.25, 0.3) is 5.70 Å². The Morgan fingerprint density at radius 1 is 0.975 bits per heavy atom. The molecule has 0 N–H and O–H groups in total. The maximum Gasteiger partial charge on any atom is 0.303 e. The first kappa shape index (κ1) is 26.9. The Kier molecular flexibility index (Phi) is 7.76. The molecule has 5 rings (SSSR count). The molecule has 1 aromatic heterocycles. The standard InChI is InChI=1S/C29H25N3O8/c1-17(33)37-16-26-25(38-18(2)34)12-13-27(39-26)40-29(19-8-4-3-5-9-19)22-15-32(31-30-22)23-14-24(35)20-10-6-7-11-21(20)28(23)36/h3-15,25-27,29H,16H2,1-2H3/t25-,26+,27+,29?/m0/s1. The van der Waals surface area contributed by atoms with E-state index in [9.17, 15) is 19.2 Å². The summed E-state index contributed by atoms with van der Waals surface area (Å²) >= 11 is 0. The molecule has 3 aromatic rings. The molecule has 0 spiro atoms. The predicted molar refractivity (Wildman–Crippen MR) is 139 cm³/mol. The van der Waals surface area contributed by atoms with Gasteiger partial charge in [-0.3, -0.25) is 19.2 Å². The zero-order chi connectivity index (χ0) is 28.2. The van der Waals surface area contributed by atoms with Crippen molar-refractivity contribution in [3.05, 3.63) is 101 Å². The number of allylic oxidation sites excluding steroid dienone is 2. The molecule has 0 fully saturated rings. The normalized spacial score (nSPS) is 20.9. The summed E-state index contributed by atoms with van der Waals surface area (Å²) in [6.45, 7) is 2.38. The van der Waals surface area contributed by atoms with Crippen LogP contribution in [0.15, 0.2) is 79.0 Å². The van der Waals surface area contributed by atoms with E-state index in [-0.39, 0.29) is 23.9 Å². The van der Waals surface area contributed by atoms with Gasteiger partial charge in [0.15, 0.2) is 12.1 Å². The van der Waals surface area contributed by atoms with Crippen LogP contribution in [0, 0.1) is 0 Å². The van der Waals surface area contributed by atoms with Crippen molar-refractivity contribution in [2.75, 3.05) is 6.61 Å². The highest BCUT2D eigenvalue weighted by Gasteiger charge is 2.34. The largest absolute Gasteiger partial charge is 0.463 e. The summed E-state index contributed by atoms with van der Waals surface area (Å²) in [5, 5.41) is 8.36. The Morgan fingerprint density at radius 2 is 1.70 bits per heavy atom. The lowest BCUT2D eigenvalue weighted by Gasteiger charge is -2.32. The third-order valence-electron chi connectivity index (χ3n) is 6.22. The molecule has 0 saturated heterocycles. The van der Waals surface area contributed by atoms with E-state index in [2.05, 4.69) is 10.3 Å². The Bertz CT molecular complexity index is 1510. The van der Waals surface area contributed by atoms with Crippen molar-refractivity contribution in [3.8, 4) is 0 Å². The van der Waals surface area contributed by atoms with E-state index in [4.69, 9.17) is 18.9 Å². The van der Waals surface area contributed by atoms with Gasteiger partial charge in [0.2, 0.25) is 5.78 Å². The second-order valence-electron chi connectivity index (χ2n) is 9.09. The van der Waals surface area contributed by atoms with E-state index in [0.29, 0.717) is 16.8 Å². The molecular weight excluding hydrogens is 518 g/mol. The SMILES string of the molecule is CC(=O)OC[C@H]1O[C@H](OC(c2ccccc2)c2cn(C3=CC(=O)c4ccccc4C3=O)nn2)C=C[C@@H]1OC(C)=O. The van der Waals surface area contributed by atoms with Crippen molar-refractivity contribution in [1.29, 1.82) is 0 Å². The van der Waals surface area contributed by atoms with Crippen molar-refractivity contribution in [2.24, 2.45) is 0 Å². The summed E-state index contributed by atoms with van der Waals surface area (Å²) in [6, 6.07) is 15.8. The third kappa shape index (κ3) is 5.80. The monoisotopic (exact) mass is 543 g/mol. The Balaban J connectivity index is 1.42. The van der Waals surface area contributed by atoms with Crippen LogP contribution in [-0.4, -0.2) is 63.6 Å². The fourth-order valence-electron chi connectivity index (χ4n) is 4.40. The number of Topliss-reactive ketones (excluding diaryl/α,β-unsaturated/α-hetero) is 1. The van der Waals surface area contributed by atoms with E-state index < -0.39 is 36.5 Å². The van der Waals surface area contributed by atoms with Crippen LogP contribution < -0.4 is 0 Å². The maximum absolute atomic E-state index is 13.1. The second-order valence-corrected chi connectivity index (χ2v) is 9.09. The van der Waals surface area contributed by atoms with Crippen LogP contribution in [0.2, 0.25) is 0 Å². The minimum atomic E-state index is -0.938. The lowest BCUT2D eigenvalue weighted by molar-refractivity contribution is -0.206. The number of rotatable bonds is 8. The third-order valence-corrected chi connectivity index (χ3v) is 6.22. The van der Waals surface area contributed by atoms with Gasteiger partial charge in [0.05, 0.1) is 6.20 Å². The molecule has 0 radical (unpaired) electrons. The number of ketones is 2. The molecule has 0 saturated carbocycles. The molecule has 2 aromatic carbocycles. The zero-order valence-electron chi connectivity index (χ0n) is 21.6. The average molecular weight is 544 g/mol. The van der Waals surface area contributed by atoms with Crippen LogP contribution >= 0.6 is 0 Å². The van der Waals surface area contributed by atoms with Gasteiger partial charge in [-0.15, -0.1) is 5.10 Å². The minimum absolute atomic E-state index is 0.0637. The van der Waals surface area contributed by atoms with E-state index in [1.54, 1.807) is 36.4 Å². The molecule has 4 atom stereocenters. The lowest BCUT2D eigenvalue weighted by atomic mass is 9.93. The zero-order valence-corrected chi connectivity index (χ0v) is 21.6. The van der Waals surface area contributed by atoms with Gasteiger partial charge in [0.1, 0.15) is 36.3 Å². The van der Waals surface area contributed by atoms with Gasteiger partial charge < -0.3 is 18.9 Å². The van der Waals surface area contributed by atoms with E-state index >= 15 is 0 Å². The van der Waals surface area contributed by atoms with Crippen LogP contribution in [0.3, 0.4) is 0 Å². The van der Waals surface area contributed by atoms with Gasteiger partial charge in [0, 0.05) is 31.1 Å². The summed E-state index contributed by atoms with van der Waals surface area (Å²) in [4.78, 5) is 48.7. The quantitative estimate of drug-likeness (QED) is 0.308. The molecule has 1 aliphatic heterocycles. The molecule has 2 aliphatic rings. The molecular formula is C29H25N3O8. The topological polar surface area (TPSA) is 136 Å². The van der Waals surface area contributed by atoms with Crippen molar-refractivity contribution in [2.45, 2.75) is 38.4 Å². The van der Waals surface area contributed by atoms with Gasteiger partial charge >= 0.3 is 11.9 Å². The Labute approximate surface area is 229 Å². The summed E-state index contributed by atoms with van der Waals surface area (Å²) in [5.74, 6) is -1.69. The van der Waals surface area contributed by atoms with Crippen LogP contribution in [-0.2, 0) is 28.5 Å². The fraction of sp³-hybridized carbons (Fsp3) is 0.241. The van der Waals surface area contributed by atoms with Crippen molar-refractivity contribution in [3.63, 3.8) is 0 Å².